The van der Waals surface area contributed by atoms with Crippen LogP contribution >= 0.6 is 22.9 Å². The fraction of sp³-hybridized carbons (Fsp3) is 0.583. The van der Waals surface area contributed by atoms with Gasteiger partial charge in [0.25, 0.3) is 0 Å². The topological polar surface area (TPSA) is 80.3 Å². The van der Waals surface area contributed by atoms with Gasteiger partial charge in [0.1, 0.15) is 5.01 Å². The number of amides is 2. The summed E-state index contributed by atoms with van der Waals surface area (Å²) in [6, 6.07) is 0. The molecule has 0 saturated heterocycles. The van der Waals surface area contributed by atoms with E-state index in [-0.39, 0.29) is 24.7 Å². The molecule has 2 N–H and O–H groups in total. The van der Waals surface area contributed by atoms with Crippen LogP contribution in [0.3, 0.4) is 0 Å². The van der Waals surface area contributed by atoms with E-state index in [1.807, 2.05) is 5.38 Å². The van der Waals surface area contributed by atoms with E-state index >= 15 is 0 Å². The standard InChI is InChI=1S/C12H18ClN3O3S/c1-19-5-4-15-10(17)2-3-14-11(18)6-12-16-9(7-13)8-20-12/h8H,2-7H2,1H3,(H,14,18)(H,15,17). The quantitative estimate of drug-likeness (QED) is 0.518. The van der Waals surface area contributed by atoms with Crippen LogP contribution in [0.5, 0.6) is 0 Å². The number of aromatic nitrogens is 1. The van der Waals surface area contributed by atoms with Gasteiger partial charge in [-0.15, -0.1) is 22.9 Å². The Kier molecular flexibility index (Phi) is 8.17. The average molecular weight is 320 g/mol. The highest BCUT2D eigenvalue weighted by atomic mass is 35.5. The second-order valence-electron chi connectivity index (χ2n) is 3.99. The predicted molar refractivity (Wildman–Crippen MR) is 77.9 cm³/mol. The molecule has 1 heterocycles. The smallest absolute Gasteiger partial charge is 0.226 e. The average Bonchev–Trinajstić information content (AvgIpc) is 2.86. The molecule has 0 atom stereocenters. The van der Waals surface area contributed by atoms with Crippen molar-refractivity contribution in [2.45, 2.75) is 18.7 Å². The van der Waals surface area contributed by atoms with Gasteiger partial charge in [0.05, 0.1) is 24.6 Å². The maximum Gasteiger partial charge on any atom is 0.226 e. The Balaban J connectivity index is 2.15. The molecule has 0 aromatic carbocycles. The van der Waals surface area contributed by atoms with E-state index < -0.39 is 0 Å². The normalized spacial score (nSPS) is 10.3. The van der Waals surface area contributed by atoms with Crippen LogP contribution < -0.4 is 10.6 Å². The van der Waals surface area contributed by atoms with Gasteiger partial charge in [0.2, 0.25) is 11.8 Å². The van der Waals surface area contributed by atoms with Crippen molar-refractivity contribution in [3.05, 3.63) is 16.1 Å². The van der Waals surface area contributed by atoms with Crippen molar-refractivity contribution in [1.82, 2.24) is 15.6 Å². The number of nitrogens with one attached hydrogen (secondary N) is 2. The van der Waals surface area contributed by atoms with Crippen molar-refractivity contribution in [1.29, 1.82) is 0 Å². The number of carbonyl (C=O) groups excluding carboxylic acids is 2. The molecule has 1 rings (SSSR count). The second kappa shape index (κ2) is 9.68. The van der Waals surface area contributed by atoms with Crippen molar-refractivity contribution in [2.75, 3.05) is 26.8 Å². The van der Waals surface area contributed by atoms with Crippen LogP contribution in [-0.2, 0) is 26.6 Å². The Morgan fingerprint density at radius 3 is 2.75 bits per heavy atom. The van der Waals surface area contributed by atoms with Crippen molar-refractivity contribution in [3.63, 3.8) is 0 Å². The molecular formula is C12H18ClN3O3S. The second-order valence-corrected chi connectivity index (χ2v) is 5.20. The summed E-state index contributed by atoms with van der Waals surface area (Å²) < 4.78 is 4.81. The SMILES string of the molecule is COCCNC(=O)CCNC(=O)Cc1nc(CCl)cs1. The van der Waals surface area contributed by atoms with Crippen LogP contribution in [0.15, 0.2) is 5.38 Å². The first-order chi connectivity index (χ1) is 9.65. The van der Waals surface area contributed by atoms with Gasteiger partial charge in [-0.05, 0) is 0 Å². The Labute approximate surface area is 126 Å². The van der Waals surface area contributed by atoms with E-state index in [0.29, 0.717) is 25.6 Å². The lowest BCUT2D eigenvalue weighted by molar-refractivity contribution is -0.122. The molecule has 0 fully saturated rings. The van der Waals surface area contributed by atoms with Crippen LogP contribution in [0.4, 0.5) is 0 Å². The minimum Gasteiger partial charge on any atom is -0.383 e. The zero-order chi connectivity index (χ0) is 14.8. The summed E-state index contributed by atoms with van der Waals surface area (Å²) >= 11 is 7.04. The summed E-state index contributed by atoms with van der Waals surface area (Å²) in [6.45, 7) is 1.26. The molecule has 2 amide bonds. The van der Waals surface area contributed by atoms with E-state index in [0.717, 1.165) is 10.7 Å². The van der Waals surface area contributed by atoms with Gasteiger partial charge in [-0.3, -0.25) is 9.59 Å². The summed E-state index contributed by atoms with van der Waals surface area (Å²) in [5.74, 6) is 0.0888. The van der Waals surface area contributed by atoms with Gasteiger partial charge in [0, 0.05) is 32.0 Å². The van der Waals surface area contributed by atoms with E-state index in [1.165, 1.54) is 11.3 Å². The summed E-state index contributed by atoms with van der Waals surface area (Å²) in [4.78, 5) is 27.2. The summed E-state index contributed by atoms with van der Waals surface area (Å²) in [6.07, 6.45) is 0.465. The maximum atomic E-state index is 11.6. The Morgan fingerprint density at radius 2 is 2.10 bits per heavy atom. The van der Waals surface area contributed by atoms with Crippen LogP contribution in [-0.4, -0.2) is 43.6 Å². The molecule has 0 radical (unpaired) electrons. The first-order valence-corrected chi connectivity index (χ1v) is 7.58. The molecule has 0 spiro atoms. The first-order valence-electron chi connectivity index (χ1n) is 6.17. The monoisotopic (exact) mass is 319 g/mol. The van der Waals surface area contributed by atoms with E-state index in [1.54, 1.807) is 7.11 Å². The minimum absolute atomic E-state index is 0.110. The molecule has 0 bridgehead atoms. The molecule has 20 heavy (non-hydrogen) atoms. The number of alkyl halides is 1. The fourth-order valence-electron chi connectivity index (χ4n) is 1.39. The maximum absolute atomic E-state index is 11.6. The number of hydrogen-bond acceptors (Lipinski definition) is 5. The zero-order valence-corrected chi connectivity index (χ0v) is 12.9. The number of rotatable bonds is 9. The van der Waals surface area contributed by atoms with Gasteiger partial charge in [0.15, 0.2) is 0 Å². The number of ether oxygens (including phenoxy) is 1. The lowest BCUT2D eigenvalue weighted by Gasteiger charge is -2.05. The van der Waals surface area contributed by atoms with Crippen molar-refractivity contribution >= 4 is 34.8 Å². The van der Waals surface area contributed by atoms with E-state index in [2.05, 4.69) is 15.6 Å². The van der Waals surface area contributed by atoms with Crippen LogP contribution in [0.1, 0.15) is 17.1 Å². The zero-order valence-electron chi connectivity index (χ0n) is 11.3. The molecule has 1 aromatic rings. The van der Waals surface area contributed by atoms with Gasteiger partial charge in [-0.1, -0.05) is 0 Å². The number of thiazole rings is 1. The van der Waals surface area contributed by atoms with Gasteiger partial charge >= 0.3 is 0 Å². The van der Waals surface area contributed by atoms with Crippen molar-refractivity contribution < 1.29 is 14.3 Å². The summed E-state index contributed by atoms with van der Waals surface area (Å²) in [5, 5.41) is 7.92. The molecule has 8 heteroatoms. The Morgan fingerprint density at radius 1 is 1.35 bits per heavy atom. The fourth-order valence-corrected chi connectivity index (χ4v) is 2.41. The van der Waals surface area contributed by atoms with Crippen LogP contribution in [0.2, 0.25) is 0 Å². The highest BCUT2D eigenvalue weighted by Crippen LogP contribution is 2.11. The van der Waals surface area contributed by atoms with E-state index in [9.17, 15) is 9.59 Å². The highest BCUT2D eigenvalue weighted by molar-refractivity contribution is 7.09. The predicted octanol–water partition coefficient (Wildman–Crippen LogP) is 0.693. The lowest BCUT2D eigenvalue weighted by atomic mass is 10.3. The van der Waals surface area contributed by atoms with E-state index in [4.69, 9.17) is 16.3 Å². The van der Waals surface area contributed by atoms with Gasteiger partial charge < -0.3 is 15.4 Å². The third-order valence-electron chi connectivity index (χ3n) is 2.35. The lowest BCUT2D eigenvalue weighted by Crippen LogP contribution is -2.32. The number of carbonyl (C=O) groups is 2. The molecule has 0 unspecified atom stereocenters. The molecule has 0 aliphatic heterocycles. The Bertz CT molecular complexity index is 439. The number of methoxy groups -OCH3 is 1. The van der Waals surface area contributed by atoms with Crippen molar-refractivity contribution in [3.8, 4) is 0 Å². The highest BCUT2D eigenvalue weighted by Gasteiger charge is 2.08. The van der Waals surface area contributed by atoms with Gasteiger partial charge in [-0.25, -0.2) is 4.98 Å². The molecule has 6 nitrogen and oxygen atoms in total. The first kappa shape index (κ1) is 16.9. The third-order valence-corrected chi connectivity index (χ3v) is 3.52. The molecule has 1 aromatic heterocycles. The number of halogens is 1. The molecule has 0 aliphatic rings. The Hall–Kier alpha value is -1.18. The van der Waals surface area contributed by atoms with Crippen LogP contribution in [0.25, 0.3) is 0 Å². The van der Waals surface area contributed by atoms with Crippen LogP contribution in [0, 0.1) is 0 Å². The summed E-state index contributed by atoms with van der Waals surface area (Å²) in [5.41, 5.74) is 0.775. The molecule has 112 valence electrons. The molecule has 0 aliphatic carbocycles. The summed E-state index contributed by atoms with van der Waals surface area (Å²) in [7, 11) is 1.57. The van der Waals surface area contributed by atoms with Gasteiger partial charge in [-0.2, -0.15) is 0 Å². The number of hydrogen-bond donors (Lipinski definition) is 2. The largest absolute Gasteiger partial charge is 0.383 e. The molecule has 0 saturated carbocycles. The molecular weight excluding hydrogens is 302 g/mol. The number of nitrogens with zero attached hydrogens (tertiary/aromatic N) is 1. The minimum atomic E-state index is -0.148. The van der Waals surface area contributed by atoms with Crippen molar-refractivity contribution in [2.24, 2.45) is 0 Å². The third kappa shape index (κ3) is 6.83.